The molecule has 8 heteroatoms. The summed E-state index contributed by atoms with van der Waals surface area (Å²) in [5, 5.41) is 7.99. The molecule has 1 aliphatic heterocycles. The van der Waals surface area contributed by atoms with Gasteiger partial charge in [0.1, 0.15) is 11.6 Å². The molecule has 0 saturated carbocycles. The van der Waals surface area contributed by atoms with Gasteiger partial charge in [-0.05, 0) is 62.2 Å². The van der Waals surface area contributed by atoms with Crippen molar-refractivity contribution in [2.24, 2.45) is 5.92 Å². The highest BCUT2D eigenvalue weighted by Gasteiger charge is 2.29. The lowest BCUT2D eigenvalue weighted by atomic mass is 9.96. The van der Waals surface area contributed by atoms with Crippen molar-refractivity contribution in [1.29, 1.82) is 0 Å². The Bertz CT molecular complexity index is 1110. The number of hydrogen-bond acceptors (Lipinski definition) is 3. The van der Waals surface area contributed by atoms with Gasteiger partial charge in [-0.3, -0.25) is 9.59 Å². The van der Waals surface area contributed by atoms with E-state index in [1.54, 1.807) is 27.8 Å². The number of halogens is 2. The lowest BCUT2D eigenvalue weighted by molar-refractivity contribution is -0.121. The van der Waals surface area contributed by atoms with Crippen LogP contribution in [0.25, 0.3) is 5.69 Å². The van der Waals surface area contributed by atoms with Crippen LogP contribution < -0.4 is 5.32 Å². The summed E-state index contributed by atoms with van der Waals surface area (Å²) in [7, 11) is 0. The standard InChI is InChI=1S/C23H22ClFN4O2/c1-15-12-21(29(27-15)20-6-2-5-18(24)13-20)26-22(30)17-4-3-11-28(14-17)23(31)16-7-9-19(25)10-8-16/h2,5-10,12-13,17H,3-4,11,14H2,1H3,(H,26,30). The molecule has 1 atom stereocenters. The Morgan fingerprint density at radius 3 is 2.68 bits per heavy atom. The number of amides is 2. The number of aryl methyl sites for hydroxylation is 1. The maximum Gasteiger partial charge on any atom is 0.253 e. The van der Waals surface area contributed by atoms with E-state index in [9.17, 15) is 14.0 Å². The molecule has 1 saturated heterocycles. The zero-order valence-electron chi connectivity index (χ0n) is 17.0. The van der Waals surface area contributed by atoms with Crippen molar-refractivity contribution < 1.29 is 14.0 Å². The first kappa shape index (κ1) is 21.1. The van der Waals surface area contributed by atoms with E-state index >= 15 is 0 Å². The maximum absolute atomic E-state index is 13.2. The Kier molecular flexibility index (Phi) is 6.04. The third-order valence-corrected chi connectivity index (χ3v) is 5.54. The number of anilines is 1. The predicted molar refractivity (Wildman–Crippen MR) is 117 cm³/mol. The minimum atomic E-state index is -0.390. The van der Waals surface area contributed by atoms with E-state index in [-0.39, 0.29) is 23.5 Å². The number of aromatic nitrogens is 2. The van der Waals surface area contributed by atoms with Crippen molar-refractivity contribution >= 4 is 29.2 Å². The summed E-state index contributed by atoms with van der Waals surface area (Å²) < 4.78 is 14.8. The topological polar surface area (TPSA) is 67.2 Å². The molecule has 3 aromatic rings. The van der Waals surface area contributed by atoms with Gasteiger partial charge in [0.25, 0.3) is 5.91 Å². The van der Waals surface area contributed by atoms with Crippen molar-refractivity contribution in [1.82, 2.24) is 14.7 Å². The van der Waals surface area contributed by atoms with Gasteiger partial charge in [0, 0.05) is 29.7 Å². The highest BCUT2D eigenvalue weighted by atomic mass is 35.5. The molecular formula is C23H22ClFN4O2. The Morgan fingerprint density at radius 1 is 1.16 bits per heavy atom. The molecule has 2 heterocycles. The van der Waals surface area contributed by atoms with Crippen LogP contribution >= 0.6 is 11.6 Å². The van der Waals surface area contributed by atoms with Gasteiger partial charge in [0.05, 0.1) is 17.3 Å². The number of nitrogens with zero attached hydrogens (tertiary/aromatic N) is 3. The molecule has 4 rings (SSSR count). The van der Waals surface area contributed by atoms with Gasteiger partial charge in [-0.2, -0.15) is 5.10 Å². The van der Waals surface area contributed by atoms with Crippen LogP contribution in [0.2, 0.25) is 5.02 Å². The molecular weight excluding hydrogens is 419 g/mol. The molecule has 31 heavy (non-hydrogen) atoms. The number of carbonyl (C=O) groups excluding carboxylic acids is 2. The SMILES string of the molecule is Cc1cc(NC(=O)C2CCCN(C(=O)c3ccc(F)cc3)C2)n(-c2cccc(Cl)c2)n1. The zero-order valence-corrected chi connectivity index (χ0v) is 17.8. The maximum atomic E-state index is 13.2. The molecule has 0 spiro atoms. The number of likely N-dealkylation sites (tertiary alicyclic amines) is 1. The van der Waals surface area contributed by atoms with Crippen LogP contribution in [0.1, 0.15) is 28.9 Å². The summed E-state index contributed by atoms with van der Waals surface area (Å²) in [4.78, 5) is 27.4. The average molecular weight is 441 g/mol. The molecule has 1 N–H and O–H groups in total. The molecule has 2 amide bonds. The van der Waals surface area contributed by atoms with Gasteiger partial charge in [-0.1, -0.05) is 17.7 Å². The van der Waals surface area contributed by atoms with Gasteiger partial charge >= 0.3 is 0 Å². The van der Waals surface area contributed by atoms with Crippen LogP contribution in [-0.4, -0.2) is 39.6 Å². The zero-order chi connectivity index (χ0) is 22.0. The molecule has 1 fully saturated rings. The molecule has 0 aliphatic carbocycles. The van der Waals surface area contributed by atoms with Crippen molar-refractivity contribution in [3.8, 4) is 5.69 Å². The fourth-order valence-corrected chi connectivity index (χ4v) is 3.96. The Morgan fingerprint density at radius 2 is 1.94 bits per heavy atom. The quantitative estimate of drug-likeness (QED) is 0.651. The van der Waals surface area contributed by atoms with Gasteiger partial charge in [-0.15, -0.1) is 0 Å². The van der Waals surface area contributed by atoms with E-state index in [0.717, 1.165) is 17.8 Å². The van der Waals surface area contributed by atoms with Crippen molar-refractivity contribution in [3.05, 3.63) is 76.7 Å². The van der Waals surface area contributed by atoms with Crippen LogP contribution in [0.3, 0.4) is 0 Å². The number of piperidine rings is 1. The normalized spacial score (nSPS) is 16.2. The lowest BCUT2D eigenvalue weighted by Crippen LogP contribution is -2.43. The average Bonchev–Trinajstić information content (AvgIpc) is 3.14. The third-order valence-electron chi connectivity index (χ3n) is 5.31. The van der Waals surface area contributed by atoms with E-state index in [2.05, 4.69) is 10.4 Å². The molecule has 1 unspecified atom stereocenters. The van der Waals surface area contributed by atoms with Crippen molar-refractivity contribution in [2.75, 3.05) is 18.4 Å². The number of hydrogen-bond donors (Lipinski definition) is 1. The van der Waals surface area contributed by atoms with Gasteiger partial charge in [0.15, 0.2) is 0 Å². The highest BCUT2D eigenvalue weighted by Crippen LogP contribution is 2.23. The minimum Gasteiger partial charge on any atom is -0.338 e. The minimum absolute atomic E-state index is 0.167. The van der Waals surface area contributed by atoms with E-state index in [1.807, 2.05) is 19.1 Å². The summed E-state index contributed by atoms with van der Waals surface area (Å²) in [6.07, 6.45) is 1.40. The van der Waals surface area contributed by atoms with Gasteiger partial charge in [0.2, 0.25) is 5.91 Å². The molecule has 1 aliphatic rings. The molecule has 1 aromatic heterocycles. The molecule has 6 nitrogen and oxygen atoms in total. The summed E-state index contributed by atoms with van der Waals surface area (Å²) >= 11 is 6.10. The summed E-state index contributed by atoms with van der Waals surface area (Å²) in [5.41, 5.74) is 1.91. The first-order valence-electron chi connectivity index (χ1n) is 10.1. The second-order valence-electron chi connectivity index (χ2n) is 7.65. The van der Waals surface area contributed by atoms with Crippen LogP contribution in [0.15, 0.2) is 54.6 Å². The third kappa shape index (κ3) is 4.77. The van der Waals surface area contributed by atoms with Crippen LogP contribution in [0, 0.1) is 18.7 Å². The smallest absolute Gasteiger partial charge is 0.253 e. The number of nitrogens with one attached hydrogen (secondary N) is 1. The molecule has 2 aromatic carbocycles. The summed E-state index contributed by atoms with van der Waals surface area (Å²) in [6, 6.07) is 14.5. The van der Waals surface area contributed by atoms with Crippen molar-refractivity contribution in [3.63, 3.8) is 0 Å². The van der Waals surface area contributed by atoms with E-state index in [1.165, 1.54) is 24.3 Å². The van der Waals surface area contributed by atoms with Crippen LogP contribution in [-0.2, 0) is 4.79 Å². The van der Waals surface area contributed by atoms with Gasteiger partial charge in [-0.25, -0.2) is 9.07 Å². The highest BCUT2D eigenvalue weighted by molar-refractivity contribution is 6.30. The Labute approximate surface area is 184 Å². The second-order valence-corrected chi connectivity index (χ2v) is 8.09. The van der Waals surface area contributed by atoms with Crippen LogP contribution in [0.4, 0.5) is 10.2 Å². The summed E-state index contributed by atoms with van der Waals surface area (Å²) in [6.45, 7) is 2.73. The van der Waals surface area contributed by atoms with E-state index in [0.29, 0.717) is 35.9 Å². The second kappa shape index (κ2) is 8.89. The first-order chi connectivity index (χ1) is 14.9. The first-order valence-corrected chi connectivity index (χ1v) is 10.5. The number of rotatable bonds is 4. The van der Waals surface area contributed by atoms with Crippen LogP contribution in [0.5, 0.6) is 0 Å². The number of carbonyl (C=O) groups is 2. The monoisotopic (exact) mass is 440 g/mol. The molecule has 0 bridgehead atoms. The summed E-state index contributed by atoms with van der Waals surface area (Å²) in [5.74, 6) is -0.552. The van der Waals surface area contributed by atoms with Gasteiger partial charge < -0.3 is 10.2 Å². The predicted octanol–water partition coefficient (Wildman–Crippen LogP) is 4.46. The van der Waals surface area contributed by atoms with E-state index in [4.69, 9.17) is 11.6 Å². The molecule has 160 valence electrons. The Hall–Kier alpha value is -3.19. The van der Waals surface area contributed by atoms with E-state index < -0.39 is 0 Å². The fourth-order valence-electron chi connectivity index (χ4n) is 3.77. The molecule has 0 radical (unpaired) electrons. The number of benzene rings is 2. The van der Waals surface area contributed by atoms with Crippen molar-refractivity contribution in [2.45, 2.75) is 19.8 Å². The Balaban J connectivity index is 1.48. The largest absolute Gasteiger partial charge is 0.338 e. The fraction of sp³-hybridized carbons (Fsp3) is 0.261. The lowest BCUT2D eigenvalue weighted by Gasteiger charge is -2.32.